The van der Waals surface area contributed by atoms with Gasteiger partial charge in [-0.2, -0.15) is 0 Å². The van der Waals surface area contributed by atoms with Crippen LogP contribution in [0.5, 0.6) is 5.75 Å². The van der Waals surface area contributed by atoms with Crippen molar-refractivity contribution in [1.29, 1.82) is 0 Å². The van der Waals surface area contributed by atoms with E-state index in [-0.39, 0.29) is 28.8 Å². The summed E-state index contributed by atoms with van der Waals surface area (Å²) < 4.78 is 21.0. The van der Waals surface area contributed by atoms with Crippen molar-refractivity contribution in [1.82, 2.24) is 24.5 Å². The summed E-state index contributed by atoms with van der Waals surface area (Å²) in [5.74, 6) is -0.0633. The van der Waals surface area contributed by atoms with Crippen LogP contribution in [0.25, 0.3) is 17.1 Å². The molecule has 0 aromatic carbocycles. The molecule has 0 fully saturated rings. The Kier molecular flexibility index (Phi) is 6.64. The lowest BCUT2D eigenvalue weighted by atomic mass is 10.1. The molecule has 10 heteroatoms. The van der Waals surface area contributed by atoms with Gasteiger partial charge in [0.25, 0.3) is 5.56 Å². The molecule has 1 N–H and O–H groups in total. The predicted molar refractivity (Wildman–Crippen MR) is 129 cm³/mol. The summed E-state index contributed by atoms with van der Waals surface area (Å²) in [6.07, 6.45) is 5.87. The van der Waals surface area contributed by atoms with E-state index in [2.05, 4.69) is 19.9 Å². The van der Waals surface area contributed by atoms with Crippen LogP contribution < -0.4 is 10.3 Å². The Balaban J connectivity index is 1.73. The molecule has 0 spiro atoms. The number of aromatic nitrogens is 5. The van der Waals surface area contributed by atoms with E-state index in [0.29, 0.717) is 22.8 Å². The molecule has 0 saturated heterocycles. The Morgan fingerprint density at radius 3 is 2.60 bits per heavy atom. The number of nitrogens with zero attached hydrogens (tertiary/aromatic N) is 5. The second-order valence-corrected chi connectivity index (χ2v) is 8.92. The zero-order valence-electron chi connectivity index (χ0n) is 19.6. The first-order valence-corrected chi connectivity index (χ1v) is 11.1. The number of aryl methyl sites for hydroxylation is 2. The summed E-state index contributed by atoms with van der Waals surface area (Å²) in [5.41, 5.74) is 1.37. The van der Waals surface area contributed by atoms with E-state index in [1.165, 1.54) is 23.0 Å². The van der Waals surface area contributed by atoms with Crippen LogP contribution in [0.3, 0.4) is 0 Å². The molecule has 4 aromatic rings. The molecule has 8 nitrogen and oxygen atoms in total. The van der Waals surface area contributed by atoms with Crippen molar-refractivity contribution in [2.45, 2.75) is 39.9 Å². The van der Waals surface area contributed by atoms with Crippen LogP contribution in [0.15, 0.2) is 53.8 Å². The van der Waals surface area contributed by atoms with Gasteiger partial charge >= 0.3 is 0 Å². The van der Waals surface area contributed by atoms with Crippen LogP contribution in [0.1, 0.15) is 36.5 Å². The number of aliphatic hydroxyl groups is 1. The number of halogens is 2. The van der Waals surface area contributed by atoms with Crippen molar-refractivity contribution >= 4 is 11.6 Å². The zero-order chi connectivity index (χ0) is 25.3. The third-order valence-corrected chi connectivity index (χ3v) is 5.66. The Morgan fingerprint density at radius 2 is 1.89 bits per heavy atom. The lowest BCUT2D eigenvalue weighted by Crippen LogP contribution is -2.23. The van der Waals surface area contributed by atoms with Crippen LogP contribution in [-0.2, 0) is 12.2 Å². The van der Waals surface area contributed by atoms with Crippen LogP contribution in [0.4, 0.5) is 4.39 Å². The van der Waals surface area contributed by atoms with Gasteiger partial charge in [-0.05, 0) is 51.5 Å². The lowest BCUT2D eigenvalue weighted by molar-refractivity contribution is 0.0688. The third-order valence-electron chi connectivity index (χ3n) is 5.31. The van der Waals surface area contributed by atoms with Gasteiger partial charge in [0.15, 0.2) is 5.82 Å². The molecule has 0 unspecified atom stereocenters. The molecule has 0 aliphatic rings. The molecule has 35 heavy (non-hydrogen) atoms. The van der Waals surface area contributed by atoms with Gasteiger partial charge in [0.1, 0.15) is 28.8 Å². The average molecular weight is 496 g/mol. The highest BCUT2D eigenvalue weighted by molar-refractivity contribution is 6.31. The number of ether oxygens (including phenoxy) is 1. The molecule has 0 aliphatic heterocycles. The summed E-state index contributed by atoms with van der Waals surface area (Å²) in [6, 6.07) is 6.25. The first kappa shape index (κ1) is 24.4. The summed E-state index contributed by atoms with van der Waals surface area (Å²) in [7, 11) is 0. The smallest absolute Gasteiger partial charge is 0.277 e. The van der Waals surface area contributed by atoms with Crippen LogP contribution in [0.2, 0.25) is 5.02 Å². The fraction of sp³-hybridized carbons (Fsp3) is 0.240. The second-order valence-electron chi connectivity index (χ2n) is 8.54. The van der Waals surface area contributed by atoms with Crippen LogP contribution in [0, 0.1) is 19.7 Å². The summed E-state index contributed by atoms with van der Waals surface area (Å²) in [4.78, 5) is 30.1. The maximum atomic E-state index is 13.9. The molecule has 4 rings (SSSR count). The van der Waals surface area contributed by atoms with E-state index in [1.54, 1.807) is 51.4 Å². The average Bonchev–Trinajstić information content (AvgIpc) is 2.82. The van der Waals surface area contributed by atoms with Crippen LogP contribution >= 0.6 is 11.6 Å². The van der Waals surface area contributed by atoms with E-state index >= 15 is 0 Å². The number of pyridine rings is 3. The van der Waals surface area contributed by atoms with Crippen molar-refractivity contribution in [3.8, 4) is 22.8 Å². The standard InChI is InChI=1S/C25H23ClFN5O3/c1-14-11-30-19(18-6-8-29-24(31-18)25(3,4)34)10-20(14)32-15(2)9-21(22(26)23(32)33)35-13-16-12-28-7-5-17(16)27/h5-12,34H,13H2,1-4H3. The summed E-state index contributed by atoms with van der Waals surface area (Å²) in [6.45, 7) is 6.63. The van der Waals surface area contributed by atoms with Crippen molar-refractivity contribution in [2.75, 3.05) is 0 Å². The maximum Gasteiger partial charge on any atom is 0.277 e. The fourth-order valence-corrected chi connectivity index (χ4v) is 3.64. The lowest BCUT2D eigenvalue weighted by Gasteiger charge is -2.18. The minimum atomic E-state index is -1.22. The van der Waals surface area contributed by atoms with Crippen molar-refractivity contribution in [3.63, 3.8) is 0 Å². The highest BCUT2D eigenvalue weighted by Gasteiger charge is 2.21. The van der Waals surface area contributed by atoms with Crippen molar-refractivity contribution in [2.24, 2.45) is 0 Å². The van der Waals surface area contributed by atoms with Crippen molar-refractivity contribution < 1.29 is 14.2 Å². The summed E-state index contributed by atoms with van der Waals surface area (Å²) >= 11 is 6.37. The predicted octanol–water partition coefficient (Wildman–Crippen LogP) is 4.30. The normalized spacial score (nSPS) is 11.5. The number of hydrogen-bond donors (Lipinski definition) is 1. The molecule has 0 atom stereocenters. The molecule has 180 valence electrons. The zero-order valence-corrected chi connectivity index (χ0v) is 20.3. The highest BCUT2D eigenvalue weighted by Crippen LogP contribution is 2.27. The van der Waals surface area contributed by atoms with Gasteiger partial charge in [0.2, 0.25) is 0 Å². The topological polar surface area (TPSA) is 103 Å². The molecule has 0 amide bonds. The van der Waals surface area contributed by atoms with Crippen molar-refractivity contribution in [3.05, 3.63) is 92.9 Å². The fourth-order valence-electron chi connectivity index (χ4n) is 3.45. The van der Waals surface area contributed by atoms with E-state index < -0.39 is 17.0 Å². The van der Waals surface area contributed by atoms with Gasteiger partial charge in [-0.3, -0.25) is 19.3 Å². The van der Waals surface area contributed by atoms with Crippen LogP contribution in [-0.4, -0.2) is 29.6 Å². The highest BCUT2D eigenvalue weighted by atomic mass is 35.5. The number of rotatable bonds is 6. The Bertz CT molecular complexity index is 1470. The SMILES string of the molecule is Cc1cnc(-c2ccnc(C(C)(C)O)n2)cc1-n1c(C)cc(OCc2cnccc2F)c(Cl)c1=O. The summed E-state index contributed by atoms with van der Waals surface area (Å²) in [5, 5.41) is 10.1. The Labute approximate surface area is 206 Å². The van der Waals surface area contributed by atoms with Gasteiger partial charge in [-0.15, -0.1) is 0 Å². The molecular weight excluding hydrogens is 473 g/mol. The Hall–Kier alpha value is -3.69. The maximum absolute atomic E-state index is 13.9. The molecule has 0 saturated carbocycles. The first-order valence-electron chi connectivity index (χ1n) is 10.7. The molecule has 4 heterocycles. The Morgan fingerprint density at radius 1 is 1.11 bits per heavy atom. The molecule has 4 aromatic heterocycles. The molecular formula is C25H23ClFN5O3. The third kappa shape index (κ3) is 5.06. The van der Waals surface area contributed by atoms with E-state index in [1.807, 2.05) is 6.92 Å². The number of hydrogen-bond acceptors (Lipinski definition) is 7. The minimum Gasteiger partial charge on any atom is -0.487 e. The van der Waals surface area contributed by atoms with E-state index in [9.17, 15) is 14.3 Å². The van der Waals surface area contributed by atoms with Gasteiger partial charge in [-0.1, -0.05) is 11.6 Å². The molecule has 0 bridgehead atoms. The first-order chi connectivity index (χ1) is 16.6. The van der Waals surface area contributed by atoms with Gasteiger partial charge in [0.05, 0.1) is 17.1 Å². The quantitative estimate of drug-likeness (QED) is 0.425. The largest absolute Gasteiger partial charge is 0.487 e. The second kappa shape index (κ2) is 9.52. The van der Waals surface area contributed by atoms with Gasteiger partial charge in [0, 0.05) is 42.1 Å². The van der Waals surface area contributed by atoms with Gasteiger partial charge < -0.3 is 9.84 Å². The monoisotopic (exact) mass is 495 g/mol. The molecule has 0 radical (unpaired) electrons. The minimum absolute atomic E-state index is 0.127. The van der Waals surface area contributed by atoms with E-state index in [0.717, 1.165) is 5.56 Å². The van der Waals surface area contributed by atoms with Gasteiger partial charge in [-0.25, -0.2) is 14.4 Å². The van der Waals surface area contributed by atoms with E-state index in [4.69, 9.17) is 16.3 Å². The molecule has 0 aliphatic carbocycles.